The lowest BCUT2D eigenvalue weighted by Gasteiger charge is -2.26. The Balaban J connectivity index is 1.39. The quantitative estimate of drug-likeness (QED) is 0.661. The van der Waals surface area contributed by atoms with E-state index in [1.807, 2.05) is 0 Å². The van der Waals surface area contributed by atoms with Crippen LogP contribution in [0, 0.1) is 6.92 Å². The first-order valence-corrected chi connectivity index (χ1v) is 11.4. The van der Waals surface area contributed by atoms with Crippen molar-refractivity contribution in [2.75, 3.05) is 45.0 Å². The zero-order valence-electron chi connectivity index (χ0n) is 17.4. The Kier molecular flexibility index (Phi) is 6.31. The van der Waals surface area contributed by atoms with Gasteiger partial charge in [0.2, 0.25) is 22.7 Å². The van der Waals surface area contributed by atoms with Crippen LogP contribution in [0.5, 0.6) is 11.5 Å². The number of carbonyl (C=O) groups excluding carboxylic acids is 2. The third kappa shape index (κ3) is 4.69. The molecule has 0 spiro atoms. The van der Waals surface area contributed by atoms with Crippen LogP contribution in [0.2, 0.25) is 0 Å². The molecule has 32 heavy (non-hydrogen) atoms. The van der Waals surface area contributed by atoms with Crippen LogP contribution in [-0.4, -0.2) is 64.2 Å². The summed E-state index contributed by atoms with van der Waals surface area (Å²) in [6, 6.07) is 9.31. The number of morpholine rings is 1. The van der Waals surface area contributed by atoms with Gasteiger partial charge in [0.05, 0.1) is 24.7 Å². The lowest BCUT2D eigenvalue weighted by Crippen LogP contribution is -2.40. The molecule has 2 aromatic rings. The molecule has 170 valence electrons. The molecule has 2 amide bonds. The van der Waals surface area contributed by atoms with Gasteiger partial charge in [0, 0.05) is 24.3 Å². The molecule has 2 aliphatic heterocycles. The Morgan fingerprint density at radius 2 is 1.78 bits per heavy atom. The van der Waals surface area contributed by atoms with Crippen molar-refractivity contribution < 1.29 is 32.2 Å². The summed E-state index contributed by atoms with van der Waals surface area (Å²) in [6.45, 7) is 2.82. The summed E-state index contributed by atoms with van der Waals surface area (Å²) < 4.78 is 42.8. The second-order valence-corrected chi connectivity index (χ2v) is 9.23. The van der Waals surface area contributed by atoms with E-state index in [2.05, 4.69) is 10.6 Å². The lowest BCUT2D eigenvalue weighted by molar-refractivity contribution is -0.115. The number of fused-ring (bicyclic) bond motifs is 1. The molecule has 0 atom stereocenters. The Morgan fingerprint density at radius 1 is 1.03 bits per heavy atom. The first kappa shape index (κ1) is 22.1. The van der Waals surface area contributed by atoms with Gasteiger partial charge in [0.1, 0.15) is 0 Å². The number of sulfonamides is 1. The van der Waals surface area contributed by atoms with Crippen LogP contribution in [0.1, 0.15) is 15.9 Å². The number of ether oxygens (including phenoxy) is 3. The van der Waals surface area contributed by atoms with Crippen molar-refractivity contribution in [3.8, 4) is 11.5 Å². The normalized spacial score (nSPS) is 15.9. The van der Waals surface area contributed by atoms with Crippen molar-refractivity contribution in [2.45, 2.75) is 11.8 Å². The van der Waals surface area contributed by atoms with Crippen molar-refractivity contribution in [2.24, 2.45) is 0 Å². The molecular formula is C21H23N3O7S. The van der Waals surface area contributed by atoms with Crippen molar-refractivity contribution in [1.82, 2.24) is 9.62 Å². The van der Waals surface area contributed by atoms with Gasteiger partial charge in [-0.1, -0.05) is 6.07 Å². The standard InChI is InChI=1S/C21H23N3O7S/c1-14-2-4-16(32(27,28)24-6-8-29-9-7-24)11-17(14)23-20(25)12-22-21(26)15-3-5-18-19(10-15)31-13-30-18/h2-5,10-11H,6-9,12-13H2,1H3,(H,22,26)(H,23,25). The van der Waals surface area contributed by atoms with E-state index in [-0.39, 0.29) is 31.3 Å². The minimum absolute atomic E-state index is 0.0877. The molecule has 11 heteroatoms. The maximum atomic E-state index is 12.9. The zero-order chi connectivity index (χ0) is 22.7. The van der Waals surface area contributed by atoms with Crippen LogP contribution in [0.15, 0.2) is 41.3 Å². The molecule has 2 heterocycles. The number of nitrogens with zero attached hydrogens (tertiary/aromatic N) is 1. The summed E-state index contributed by atoms with van der Waals surface area (Å²) >= 11 is 0. The van der Waals surface area contributed by atoms with Crippen molar-refractivity contribution in [3.05, 3.63) is 47.5 Å². The van der Waals surface area contributed by atoms with Gasteiger partial charge in [-0.05, 0) is 42.8 Å². The second kappa shape index (κ2) is 9.15. The fourth-order valence-electron chi connectivity index (χ4n) is 3.33. The van der Waals surface area contributed by atoms with E-state index in [0.717, 1.165) is 0 Å². The van der Waals surface area contributed by atoms with E-state index < -0.39 is 21.8 Å². The highest BCUT2D eigenvalue weighted by atomic mass is 32.2. The number of carbonyl (C=O) groups is 2. The van der Waals surface area contributed by atoms with Gasteiger partial charge < -0.3 is 24.8 Å². The first-order valence-electron chi connectivity index (χ1n) is 10.0. The average molecular weight is 461 g/mol. The van der Waals surface area contributed by atoms with E-state index in [1.165, 1.54) is 16.4 Å². The molecule has 10 nitrogen and oxygen atoms in total. The Hall–Kier alpha value is -3.15. The summed E-state index contributed by atoms with van der Waals surface area (Å²) in [5.74, 6) is 0.0969. The number of anilines is 1. The third-order valence-corrected chi connectivity index (χ3v) is 7.03. The summed E-state index contributed by atoms with van der Waals surface area (Å²) in [4.78, 5) is 24.8. The van der Waals surface area contributed by atoms with Gasteiger partial charge in [-0.25, -0.2) is 8.42 Å². The highest BCUT2D eigenvalue weighted by Gasteiger charge is 2.27. The van der Waals surface area contributed by atoms with Crippen molar-refractivity contribution in [3.63, 3.8) is 0 Å². The number of amides is 2. The molecular weight excluding hydrogens is 438 g/mol. The molecule has 2 aromatic carbocycles. The molecule has 1 fully saturated rings. The number of hydrogen-bond donors (Lipinski definition) is 2. The van der Waals surface area contributed by atoms with Crippen LogP contribution >= 0.6 is 0 Å². The molecule has 1 saturated heterocycles. The maximum Gasteiger partial charge on any atom is 0.251 e. The van der Waals surface area contributed by atoms with Crippen molar-refractivity contribution in [1.29, 1.82) is 0 Å². The molecule has 4 rings (SSSR count). The molecule has 0 bridgehead atoms. The SMILES string of the molecule is Cc1ccc(S(=O)(=O)N2CCOCC2)cc1NC(=O)CNC(=O)c1ccc2c(c1)OCO2. The van der Waals surface area contributed by atoms with Gasteiger partial charge >= 0.3 is 0 Å². The van der Waals surface area contributed by atoms with Crippen LogP contribution in [0.25, 0.3) is 0 Å². The summed E-state index contributed by atoms with van der Waals surface area (Å²) in [5, 5.41) is 5.21. The second-order valence-electron chi connectivity index (χ2n) is 7.29. The highest BCUT2D eigenvalue weighted by molar-refractivity contribution is 7.89. The molecule has 0 aromatic heterocycles. The summed E-state index contributed by atoms with van der Waals surface area (Å²) in [6.07, 6.45) is 0. The lowest BCUT2D eigenvalue weighted by atomic mass is 10.2. The van der Waals surface area contributed by atoms with Gasteiger partial charge in [0.25, 0.3) is 5.91 Å². The minimum Gasteiger partial charge on any atom is -0.454 e. The molecule has 2 N–H and O–H groups in total. The molecule has 2 aliphatic rings. The summed E-state index contributed by atoms with van der Waals surface area (Å²) in [7, 11) is -3.69. The molecule has 0 radical (unpaired) electrons. The van der Waals surface area contributed by atoms with Gasteiger partial charge in [-0.3, -0.25) is 9.59 Å². The predicted molar refractivity (Wildman–Crippen MR) is 114 cm³/mol. The number of benzene rings is 2. The first-order chi connectivity index (χ1) is 15.3. The topological polar surface area (TPSA) is 123 Å². The van der Waals surface area contributed by atoms with E-state index >= 15 is 0 Å². The van der Waals surface area contributed by atoms with E-state index in [1.54, 1.807) is 31.2 Å². The predicted octanol–water partition coefficient (Wildman–Crippen LogP) is 1.11. The van der Waals surface area contributed by atoms with Crippen LogP contribution < -0.4 is 20.1 Å². The third-order valence-electron chi connectivity index (χ3n) is 5.14. The Morgan fingerprint density at radius 3 is 2.56 bits per heavy atom. The monoisotopic (exact) mass is 461 g/mol. The van der Waals surface area contributed by atoms with E-state index in [9.17, 15) is 18.0 Å². The Bertz CT molecular complexity index is 1140. The van der Waals surface area contributed by atoms with Gasteiger partial charge in [0.15, 0.2) is 11.5 Å². The maximum absolute atomic E-state index is 12.9. The Labute approximate surface area is 185 Å². The van der Waals surface area contributed by atoms with E-state index in [4.69, 9.17) is 14.2 Å². The smallest absolute Gasteiger partial charge is 0.251 e. The minimum atomic E-state index is -3.69. The molecule has 0 unspecified atom stereocenters. The van der Waals surface area contributed by atoms with Crippen LogP contribution in [0.4, 0.5) is 5.69 Å². The van der Waals surface area contributed by atoms with Crippen LogP contribution in [0.3, 0.4) is 0 Å². The molecule has 0 aliphatic carbocycles. The number of rotatable bonds is 6. The fraction of sp³-hybridized carbons (Fsp3) is 0.333. The highest BCUT2D eigenvalue weighted by Crippen LogP contribution is 2.32. The number of hydrogen-bond acceptors (Lipinski definition) is 7. The molecule has 0 saturated carbocycles. The largest absolute Gasteiger partial charge is 0.454 e. The zero-order valence-corrected chi connectivity index (χ0v) is 18.2. The summed E-state index contributed by atoms with van der Waals surface area (Å²) in [5.41, 5.74) is 1.39. The van der Waals surface area contributed by atoms with Crippen molar-refractivity contribution >= 4 is 27.5 Å². The van der Waals surface area contributed by atoms with Gasteiger partial charge in [-0.2, -0.15) is 4.31 Å². The van der Waals surface area contributed by atoms with Crippen LogP contribution in [-0.2, 0) is 19.6 Å². The average Bonchev–Trinajstić information content (AvgIpc) is 3.27. The number of nitrogens with one attached hydrogen (secondary N) is 2. The number of aryl methyl sites for hydroxylation is 1. The van der Waals surface area contributed by atoms with E-state index in [0.29, 0.717) is 41.5 Å². The van der Waals surface area contributed by atoms with Gasteiger partial charge in [-0.15, -0.1) is 0 Å². The fourth-order valence-corrected chi connectivity index (χ4v) is 4.76.